The molecule has 1 aliphatic carbocycles. The van der Waals surface area contributed by atoms with E-state index in [4.69, 9.17) is 4.74 Å². The molecule has 0 aliphatic heterocycles. The molecular weight excluding hydrogens is 222 g/mol. The van der Waals surface area contributed by atoms with E-state index in [-0.39, 0.29) is 0 Å². The Labute approximate surface area is 111 Å². The van der Waals surface area contributed by atoms with Gasteiger partial charge < -0.3 is 10.1 Å². The third kappa shape index (κ3) is 4.02. The van der Waals surface area contributed by atoms with Gasteiger partial charge in [0.25, 0.3) is 0 Å². The number of rotatable bonds is 8. The minimum absolute atomic E-state index is 0.468. The van der Waals surface area contributed by atoms with Crippen LogP contribution in [0.15, 0.2) is 24.3 Å². The van der Waals surface area contributed by atoms with Gasteiger partial charge in [-0.25, -0.2) is 0 Å². The van der Waals surface area contributed by atoms with Crippen LogP contribution < -0.4 is 10.1 Å². The zero-order valence-electron chi connectivity index (χ0n) is 11.6. The summed E-state index contributed by atoms with van der Waals surface area (Å²) in [5.74, 6) is 1.95. The summed E-state index contributed by atoms with van der Waals surface area (Å²) in [6, 6.07) is 9.03. The highest BCUT2D eigenvalue weighted by molar-refractivity contribution is 5.29. The van der Waals surface area contributed by atoms with E-state index in [1.54, 1.807) is 0 Å². The second-order valence-corrected chi connectivity index (χ2v) is 5.17. The van der Waals surface area contributed by atoms with Gasteiger partial charge in [0.1, 0.15) is 5.75 Å². The lowest BCUT2D eigenvalue weighted by Gasteiger charge is -2.16. The summed E-state index contributed by atoms with van der Waals surface area (Å²) in [5, 5.41) is 3.49. The van der Waals surface area contributed by atoms with Crippen molar-refractivity contribution >= 4 is 0 Å². The van der Waals surface area contributed by atoms with Crippen molar-refractivity contribution in [2.75, 3.05) is 13.2 Å². The van der Waals surface area contributed by atoms with Gasteiger partial charge in [-0.15, -0.1) is 0 Å². The van der Waals surface area contributed by atoms with Gasteiger partial charge in [0.15, 0.2) is 0 Å². The van der Waals surface area contributed by atoms with E-state index in [1.807, 2.05) is 0 Å². The molecule has 18 heavy (non-hydrogen) atoms. The average molecular weight is 247 g/mol. The second-order valence-electron chi connectivity index (χ2n) is 5.17. The Kier molecular flexibility index (Phi) is 5.06. The zero-order chi connectivity index (χ0) is 12.8. The molecule has 1 atom stereocenters. The van der Waals surface area contributed by atoms with Crippen LogP contribution in [-0.2, 0) is 0 Å². The fraction of sp³-hybridized carbons (Fsp3) is 0.625. The fourth-order valence-corrected chi connectivity index (χ4v) is 2.29. The molecule has 1 saturated carbocycles. The van der Waals surface area contributed by atoms with Crippen molar-refractivity contribution in [2.45, 2.75) is 45.6 Å². The minimum Gasteiger partial charge on any atom is -0.494 e. The van der Waals surface area contributed by atoms with E-state index < -0.39 is 0 Å². The predicted molar refractivity (Wildman–Crippen MR) is 76.0 cm³/mol. The Morgan fingerprint density at radius 3 is 2.50 bits per heavy atom. The molecule has 0 radical (unpaired) electrons. The topological polar surface area (TPSA) is 21.3 Å². The summed E-state index contributed by atoms with van der Waals surface area (Å²) in [7, 11) is 0. The lowest BCUT2D eigenvalue weighted by atomic mass is 10.0. The Morgan fingerprint density at radius 2 is 1.94 bits per heavy atom. The van der Waals surface area contributed by atoms with Crippen LogP contribution in [-0.4, -0.2) is 13.2 Å². The van der Waals surface area contributed by atoms with Crippen LogP contribution in [0.5, 0.6) is 5.75 Å². The van der Waals surface area contributed by atoms with Crippen LogP contribution in [0.2, 0.25) is 0 Å². The van der Waals surface area contributed by atoms with Gasteiger partial charge in [0.05, 0.1) is 6.61 Å². The molecule has 2 nitrogen and oxygen atoms in total. The highest BCUT2D eigenvalue weighted by atomic mass is 16.5. The number of nitrogens with one attached hydrogen (secondary N) is 1. The first-order chi connectivity index (χ1) is 8.83. The lowest BCUT2D eigenvalue weighted by molar-refractivity contribution is 0.302. The van der Waals surface area contributed by atoms with Crippen LogP contribution >= 0.6 is 0 Å². The van der Waals surface area contributed by atoms with Crippen molar-refractivity contribution in [3.8, 4) is 5.75 Å². The summed E-state index contributed by atoms with van der Waals surface area (Å²) in [6.07, 6.45) is 5.15. The molecule has 1 unspecified atom stereocenters. The molecule has 2 rings (SSSR count). The molecule has 1 N–H and O–H groups in total. The standard InChI is InChI=1S/C16H25NO/c1-3-16(17-4-2)14-7-9-15(10-8-14)18-12-11-13-5-6-13/h7-10,13,16-17H,3-6,11-12H2,1-2H3. The second kappa shape index (κ2) is 6.79. The Hall–Kier alpha value is -1.02. The van der Waals surface area contributed by atoms with Crippen LogP contribution in [0.3, 0.4) is 0 Å². The normalized spacial score (nSPS) is 16.6. The molecule has 1 aromatic carbocycles. The Bertz CT molecular complexity index is 343. The molecule has 1 aliphatic rings. The first-order valence-corrected chi connectivity index (χ1v) is 7.29. The highest BCUT2D eigenvalue weighted by Crippen LogP contribution is 2.32. The van der Waals surface area contributed by atoms with E-state index in [9.17, 15) is 0 Å². The average Bonchev–Trinajstić information content (AvgIpc) is 3.21. The lowest BCUT2D eigenvalue weighted by Crippen LogP contribution is -2.19. The maximum Gasteiger partial charge on any atom is 0.119 e. The summed E-state index contributed by atoms with van der Waals surface area (Å²) >= 11 is 0. The molecular formula is C16H25NO. The molecule has 1 fully saturated rings. The summed E-state index contributed by atoms with van der Waals surface area (Å²) in [5.41, 5.74) is 1.36. The van der Waals surface area contributed by atoms with E-state index in [0.29, 0.717) is 6.04 Å². The number of ether oxygens (including phenoxy) is 1. The van der Waals surface area contributed by atoms with Gasteiger partial charge in [0, 0.05) is 6.04 Å². The predicted octanol–water partition coefficient (Wildman–Crippen LogP) is 3.93. The van der Waals surface area contributed by atoms with Gasteiger partial charge in [-0.1, -0.05) is 38.8 Å². The van der Waals surface area contributed by atoms with E-state index in [2.05, 4.69) is 43.4 Å². The maximum atomic E-state index is 5.76. The highest BCUT2D eigenvalue weighted by Gasteiger charge is 2.20. The molecule has 0 saturated heterocycles. The molecule has 2 heteroatoms. The third-order valence-electron chi connectivity index (χ3n) is 3.63. The van der Waals surface area contributed by atoms with E-state index in [1.165, 1.54) is 24.8 Å². The molecule has 0 heterocycles. The molecule has 0 spiro atoms. The summed E-state index contributed by atoms with van der Waals surface area (Å²) in [4.78, 5) is 0. The van der Waals surface area contributed by atoms with E-state index in [0.717, 1.165) is 31.2 Å². The number of hydrogen-bond donors (Lipinski definition) is 1. The van der Waals surface area contributed by atoms with Crippen molar-refractivity contribution in [1.29, 1.82) is 0 Å². The summed E-state index contributed by atoms with van der Waals surface area (Å²) in [6.45, 7) is 6.25. The third-order valence-corrected chi connectivity index (χ3v) is 3.63. The Morgan fingerprint density at radius 1 is 1.22 bits per heavy atom. The van der Waals surface area contributed by atoms with E-state index >= 15 is 0 Å². The SMILES string of the molecule is CCNC(CC)c1ccc(OCCC2CC2)cc1. The van der Waals surface area contributed by atoms with Crippen molar-refractivity contribution in [1.82, 2.24) is 5.32 Å². The first kappa shape index (κ1) is 13.4. The molecule has 100 valence electrons. The van der Waals surface area contributed by atoms with Crippen LogP contribution in [0.1, 0.15) is 51.1 Å². The molecule has 0 bridgehead atoms. The molecule has 0 amide bonds. The van der Waals surface area contributed by atoms with Crippen molar-refractivity contribution in [2.24, 2.45) is 5.92 Å². The monoisotopic (exact) mass is 247 g/mol. The quantitative estimate of drug-likeness (QED) is 0.751. The van der Waals surface area contributed by atoms with Crippen LogP contribution in [0.4, 0.5) is 0 Å². The molecule has 0 aromatic heterocycles. The van der Waals surface area contributed by atoms with Crippen molar-refractivity contribution in [3.05, 3.63) is 29.8 Å². The Balaban J connectivity index is 1.82. The van der Waals surface area contributed by atoms with Crippen molar-refractivity contribution < 1.29 is 4.74 Å². The smallest absolute Gasteiger partial charge is 0.119 e. The van der Waals surface area contributed by atoms with Gasteiger partial charge in [-0.3, -0.25) is 0 Å². The van der Waals surface area contributed by atoms with Gasteiger partial charge in [0.2, 0.25) is 0 Å². The first-order valence-electron chi connectivity index (χ1n) is 7.29. The fourth-order valence-electron chi connectivity index (χ4n) is 2.29. The minimum atomic E-state index is 0.468. The molecule has 1 aromatic rings. The summed E-state index contributed by atoms with van der Waals surface area (Å²) < 4.78 is 5.76. The van der Waals surface area contributed by atoms with Gasteiger partial charge in [-0.2, -0.15) is 0 Å². The maximum absolute atomic E-state index is 5.76. The van der Waals surface area contributed by atoms with Gasteiger partial charge in [-0.05, 0) is 43.0 Å². The largest absolute Gasteiger partial charge is 0.494 e. The van der Waals surface area contributed by atoms with Crippen LogP contribution in [0.25, 0.3) is 0 Å². The number of hydrogen-bond acceptors (Lipinski definition) is 2. The van der Waals surface area contributed by atoms with Gasteiger partial charge >= 0.3 is 0 Å². The van der Waals surface area contributed by atoms with Crippen LogP contribution in [0, 0.1) is 5.92 Å². The van der Waals surface area contributed by atoms with Crippen molar-refractivity contribution in [3.63, 3.8) is 0 Å². The zero-order valence-corrected chi connectivity index (χ0v) is 11.6. The number of benzene rings is 1.